The summed E-state index contributed by atoms with van der Waals surface area (Å²) in [5.41, 5.74) is 3.88. The van der Waals surface area contributed by atoms with Crippen LogP contribution in [0.4, 0.5) is 5.69 Å². The molecular weight excluding hydrogens is 553 g/mol. The molecular formula is C33H28N2O4S2. The van der Waals surface area contributed by atoms with E-state index in [9.17, 15) is 14.4 Å². The maximum Gasteiger partial charge on any atom is 0.305 e. The fourth-order valence-electron chi connectivity index (χ4n) is 7.92. The second-order valence-electron chi connectivity index (χ2n) is 11.6. The summed E-state index contributed by atoms with van der Waals surface area (Å²) in [7, 11) is 0. The molecule has 41 heavy (non-hydrogen) atoms. The van der Waals surface area contributed by atoms with Gasteiger partial charge in [-0.05, 0) is 54.9 Å². The number of fused-ring (bicyclic) bond motifs is 9. The molecule has 2 saturated carbocycles. The van der Waals surface area contributed by atoms with E-state index in [-0.39, 0.29) is 57.4 Å². The molecule has 2 aliphatic carbocycles. The molecule has 8 rings (SSSR count). The first-order valence-electron chi connectivity index (χ1n) is 14.1. The van der Waals surface area contributed by atoms with Gasteiger partial charge in [0.25, 0.3) is 0 Å². The van der Waals surface area contributed by atoms with Crippen molar-refractivity contribution in [3.63, 3.8) is 0 Å². The number of aryl methyl sites for hydroxylation is 1. The molecule has 206 valence electrons. The van der Waals surface area contributed by atoms with Crippen LogP contribution in [-0.2, 0) is 16.2 Å². The number of imide groups is 1. The van der Waals surface area contributed by atoms with Crippen LogP contribution < -0.4 is 14.5 Å². The number of benzene rings is 3. The smallest absolute Gasteiger partial charge is 0.305 e. The molecule has 0 spiro atoms. The number of anilines is 1. The van der Waals surface area contributed by atoms with Crippen LogP contribution in [0, 0.1) is 36.5 Å². The average molecular weight is 581 g/mol. The zero-order chi connectivity index (χ0) is 27.8. The standard InChI is InChI=1S/C33H28N2O4S2/c1-17-11-13-19(14-12-17)35-31(36)26-21-15-22(27(26)32(35)37)28-25(21)24(29-30(40-28)34-33(38)41-29)20-9-5-6-10-23(20)39-16-18-7-3-2-4-8-18/h2-14,21-22,24-28H,15-16H2,1H3,(H,34,38)/t21?,22?,24-,25?,26?,27?,28?/m1/s1. The summed E-state index contributed by atoms with van der Waals surface area (Å²) >= 11 is 2.98. The fourth-order valence-corrected chi connectivity index (χ4v) is 10.8. The predicted molar refractivity (Wildman–Crippen MR) is 159 cm³/mol. The number of hydrogen-bond acceptors (Lipinski definition) is 6. The van der Waals surface area contributed by atoms with Gasteiger partial charge in [0.1, 0.15) is 12.4 Å². The summed E-state index contributed by atoms with van der Waals surface area (Å²) < 4.78 is 6.42. The normalized spacial score (nSPS) is 29.4. The predicted octanol–water partition coefficient (Wildman–Crippen LogP) is 6.00. The lowest BCUT2D eigenvalue weighted by Crippen LogP contribution is -2.42. The van der Waals surface area contributed by atoms with Crippen LogP contribution in [-0.4, -0.2) is 22.0 Å². The summed E-state index contributed by atoms with van der Waals surface area (Å²) in [6.07, 6.45) is 0.861. The molecule has 2 bridgehead atoms. The van der Waals surface area contributed by atoms with Gasteiger partial charge < -0.3 is 9.72 Å². The van der Waals surface area contributed by atoms with E-state index in [1.54, 1.807) is 11.8 Å². The largest absolute Gasteiger partial charge is 0.489 e. The number of aromatic nitrogens is 1. The van der Waals surface area contributed by atoms with Crippen molar-refractivity contribution in [1.29, 1.82) is 0 Å². The number of thioether (sulfide) groups is 1. The number of hydrogen-bond donors (Lipinski definition) is 1. The summed E-state index contributed by atoms with van der Waals surface area (Å²) in [6.45, 7) is 2.44. The molecule has 7 atom stereocenters. The molecule has 6 unspecified atom stereocenters. The van der Waals surface area contributed by atoms with E-state index in [1.807, 2.05) is 79.7 Å². The molecule has 1 N–H and O–H groups in total. The van der Waals surface area contributed by atoms with Crippen molar-refractivity contribution in [2.24, 2.45) is 29.6 Å². The lowest BCUT2D eigenvalue weighted by atomic mass is 9.68. The Morgan fingerprint density at radius 1 is 0.878 bits per heavy atom. The van der Waals surface area contributed by atoms with E-state index in [2.05, 4.69) is 11.1 Å². The Balaban J connectivity index is 1.19. The van der Waals surface area contributed by atoms with Crippen molar-refractivity contribution in [2.45, 2.75) is 36.1 Å². The molecule has 1 aromatic heterocycles. The number of carbonyl (C=O) groups is 2. The van der Waals surface area contributed by atoms with Gasteiger partial charge in [-0.2, -0.15) is 0 Å². The van der Waals surface area contributed by atoms with Crippen LogP contribution in [0.3, 0.4) is 0 Å². The SMILES string of the molecule is Cc1ccc(N2C(=O)C3C4CC(C3C2=O)C2C4Sc3[nH]c(=O)sc3[C@@H]2c2ccccc2OCc2ccccc2)cc1. The Hall–Kier alpha value is -3.62. The van der Waals surface area contributed by atoms with Crippen LogP contribution in [0.5, 0.6) is 5.75 Å². The van der Waals surface area contributed by atoms with Crippen LogP contribution in [0.2, 0.25) is 0 Å². The Kier molecular flexibility index (Phi) is 5.80. The molecule has 1 saturated heterocycles. The maximum absolute atomic E-state index is 14.0. The van der Waals surface area contributed by atoms with Crippen LogP contribution in [0.15, 0.2) is 88.7 Å². The van der Waals surface area contributed by atoms with E-state index in [0.717, 1.165) is 38.8 Å². The number of amides is 2. The first-order valence-corrected chi connectivity index (χ1v) is 15.8. The molecule has 4 aliphatic rings. The van der Waals surface area contributed by atoms with Gasteiger partial charge in [-0.3, -0.25) is 19.3 Å². The van der Waals surface area contributed by atoms with Gasteiger partial charge in [-0.25, -0.2) is 0 Å². The number of H-pyrrole nitrogens is 1. The molecule has 3 aromatic carbocycles. The van der Waals surface area contributed by atoms with Gasteiger partial charge in [-0.1, -0.05) is 77.6 Å². The Bertz CT molecular complexity index is 1730. The highest BCUT2D eigenvalue weighted by Gasteiger charge is 2.69. The lowest BCUT2D eigenvalue weighted by Gasteiger charge is -2.43. The first-order chi connectivity index (χ1) is 20.0. The second-order valence-corrected chi connectivity index (χ2v) is 13.8. The summed E-state index contributed by atoms with van der Waals surface area (Å²) in [5.74, 6) is 0.222. The van der Waals surface area contributed by atoms with Crippen molar-refractivity contribution in [3.05, 3.63) is 110 Å². The van der Waals surface area contributed by atoms with E-state index >= 15 is 0 Å². The number of thiazole rings is 1. The summed E-state index contributed by atoms with van der Waals surface area (Å²) in [5, 5.41) is 1.04. The van der Waals surface area contributed by atoms with E-state index < -0.39 is 0 Å². The van der Waals surface area contributed by atoms with Gasteiger partial charge in [0.15, 0.2) is 0 Å². The van der Waals surface area contributed by atoms with Crippen LogP contribution >= 0.6 is 23.1 Å². The number of ether oxygens (including phenoxy) is 1. The lowest BCUT2D eigenvalue weighted by molar-refractivity contribution is -0.123. The third kappa shape index (κ3) is 3.80. The highest BCUT2D eigenvalue weighted by Crippen LogP contribution is 2.69. The van der Waals surface area contributed by atoms with Gasteiger partial charge >= 0.3 is 4.87 Å². The van der Waals surface area contributed by atoms with Crippen molar-refractivity contribution >= 4 is 40.6 Å². The van der Waals surface area contributed by atoms with Crippen molar-refractivity contribution < 1.29 is 14.3 Å². The van der Waals surface area contributed by atoms with Crippen molar-refractivity contribution in [2.75, 3.05) is 4.90 Å². The van der Waals surface area contributed by atoms with E-state index in [1.165, 1.54) is 16.2 Å². The van der Waals surface area contributed by atoms with Gasteiger partial charge in [0, 0.05) is 21.6 Å². The van der Waals surface area contributed by atoms with Gasteiger partial charge in [0.2, 0.25) is 11.8 Å². The zero-order valence-corrected chi connectivity index (χ0v) is 24.0. The number of aromatic amines is 1. The molecule has 2 amide bonds. The first kappa shape index (κ1) is 25.1. The van der Waals surface area contributed by atoms with Crippen molar-refractivity contribution in [1.82, 2.24) is 4.98 Å². The third-order valence-electron chi connectivity index (χ3n) is 9.51. The quantitative estimate of drug-likeness (QED) is 0.293. The van der Waals surface area contributed by atoms with Crippen molar-refractivity contribution in [3.8, 4) is 5.75 Å². The fraction of sp³-hybridized carbons (Fsp3) is 0.303. The molecule has 8 heteroatoms. The van der Waals surface area contributed by atoms with E-state index in [0.29, 0.717) is 12.3 Å². The monoisotopic (exact) mass is 580 g/mol. The number of nitrogens with one attached hydrogen (secondary N) is 1. The highest BCUT2D eigenvalue weighted by molar-refractivity contribution is 8.00. The van der Waals surface area contributed by atoms with Crippen LogP contribution in [0.1, 0.15) is 33.9 Å². The van der Waals surface area contributed by atoms with E-state index in [4.69, 9.17) is 4.74 Å². The highest BCUT2D eigenvalue weighted by atomic mass is 32.2. The molecule has 3 fully saturated rings. The molecule has 4 aromatic rings. The van der Waals surface area contributed by atoms with Gasteiger partial charge in [-0.15, -0.1) is 11.8 Å². The number of nitrogens with zero attached hydrogens (tertiary/aromatic N) is 1. The number of rotatable bonds is 5. The average Bonchev–Trinajstić information content (AvgIpc) is 3.72. The molecule has 0 radical (unpaired) electrons. The third-order valence-corrected chi connectivity index (χ3v) is 12.1. The Morgan fingerprint density at radius 3 is 2.37 bits per heavy atom. The summed E-state index contributed by atoms with van der Waals surface area (Å²) in [6, 6.07) is 25.9. The second kappa shape index (κ2) is 9.46. The maximum atomic E-state index is 14.0. The number of carbonyl (C=O) groups excluding carboxylic acids is 2. The molecule has 3 heterocycles. The minimum Gasteiger partial charge on any atom is -0.489 e. The number of para-hydroxylation sites is 1. The Morgan fingerprint density at radius 2 is 1.59 bits per heavy atom. The van der Waals surface area contributed by atoms with Gasteiger partial charge in [0.05, 0.1) is 22.5 Å². The van der Waals surface area contributed by atoms with Crippen LogP contribution in [0.25, 0.3) is 0 Å². The zero-order valence-electron chi connectivity index (χ0n) is 22.4. The topological polar surface area (TPSA) is 79.5 Å². The minimum atomic E-state index is -0.326. The summed E-state index contributed by atoms with van der Waals surface area (Å²) in [4.78, 5) is 46.0. The molecule has 6 nitrogen and oxygen atoms in total. The Labute approximate surface area is 245 Å². The minimum absolute atomic E-state index is 0.0620. The molecule has 2 aliphatic heterocycles.